The number of benzene rings is 1. The molecule has 0 saturated carbocycles. The first kappa shape index (κ1) is 16.0. The molecule has 1 fully saturated rings. The van der Waals surface area contributed by atoms with Gasteiger partial charge in [0.25, 0.3) is 0 Å². The van der Waals surface area contributed by atoms with E-state index in [0.717, 1.165) is 31.6 Å². The van der Waals surface area contributed by atoms with Crippen molar-refractivity contribution in [1.82, 2.24) is 10.2 Å². The first-order valence-electron chi connectivity index (χ1n) is 6.76. The van der Waals surface area contributed by atoms with Crippen LogP contribution in [0, 0.1) is 5.92 Å². The molecule has 1 aromatic carbocycles. The van der Waals surface area contributed by atoms with E-state index in [1.54, 1.807) is 0 Å². The molecule has 0 bridgehead atoms. The molecule has 3 nitrogen and oxygen atoms in total. The molecule has 0 aromatic heterocycles. The number of hydrogen-bond donors (Lipinski definition) is 1. The highest BCUT2D eigenvalue weighted by Gasteiger charge is 2.22. The van der Waals surface area contributed by atoms with Crippen LogP contribution < -0.4 is 5.32 Å². The van der Waals surface area contributed by atoms with E-state index in [9.17, 15) is 4.79 Å². The third kappa shape index (κ3) is 4.84. The van der Waals surface area contributed by atoms with Crippen molar-refractivity contribution in [2.45, 2.75) is 19.3 Å². The van der Waals surface area contributed by atoms with Gasteiger partial charge in [0.15, 0.2) is 0 Å². The fourth-order valence-electron chi connectivity index (χ4n) is 2.63. The van der Waals surface area contributed by atoms with Gasteiger partial charge in [0, 0.05) is 13.1 Å². The summed E-state index contributed by atoms with van der Waals surface area (Å²) >= 11 is 0. The van der Waals surface area contributed by atoms with Crippen LogP contribution in [-0.4, -0.2) is 37.5 Å². The number of piperidine rings is 1. The normalized spacial score (nSPS) is 18.8. The Morgan fingerprint density at radius 2 is 2.11 bits per heavy atom. The number of hydrogen-bond acceptors (Lipinski definition) is 2. The molecular weight excluding hydrogens is 260 g/mol. The van der Waals surface area contributed by atoms with Crippen LogP contribution in [0.4, 0.5) is 0 Å². The van der Waals surface area contributed by atoms with Gasteiger partial charge in [-0.1, -0.05) is 30.3 Å². The maximum atomic E-state index is 12.2. The zero-order chi connectivity index (χ0) is 12.8. The van der Waals surface area contributed by atoms with Crippen LogP contribution in [0.5, 0.6) is 0 Å². The summed E-state index contributed by atoms with van der Waals surface area (Å²) in [5.41, 5.74) is 1.11. The third-order valence-corrected chi connectivity index (χ3v) is 3.56. The minimum atomic E-state index is 0. The molecule has 1 aliphatic rings. The van der Waals surface area contributed by atoms with Crippen molar-refractivity contribution in [1.29, 1.82) is 0 Å². The van der Waals surface area contributed by atoms with Gasteiger partial charge in [0.05, 0.1) is 6.42 Å². The average molecular weight is 283 g/mol. The van der Waals surface area contributed by atoms with E-state index in [2.05, 4.69) is 5.32 Å². The molecule has 19 heavy (non-hydrogen) atoms. The lowest BCUT2D eigenvalue weighted by molar-refractivity contribution is -0.132. The van der Waals surface area contributed by atoms with E-state index in [0.29, 0.717) is 12.3 Å². The Labute approximate surface area is 121 Å². The summed E-state index contributed by atoms with van der Waals surface area (Å²) in [6.07, 6.45) is 2.90. The first-order valence-corrected chi connectivity index (χ1v) is 6.76. The van der Waals surface area contributed by atoms with Gasteiger partial charge in [0.1, 0.15) is 0 Å². The van der Waals surface area contributed by atoms with Crippen LogP contribution in [0.3, 0.4) is 0 Å². The smallest absolute Gasteiger partial charge is 0.226 e. The number of rotatable bonds is 4. The Morgan fingerprint density at radius 3 is 2.79 bits per heavy atom. The molecule has 4 heteroatoms. The monoisotopic (exact) mass is 282 g/mol. The van der Waals surface area contributed by atoms with Crippen LogP contribution >= 0.6 is 12.4 Å². The SMILES string of the molecule is CNCC1CCCN(C(=O)Cc2ccccc2)C1.Cl. The minimum Gasteiger partial charge on any atom is -0.342 e. The van der Waals surface area contributed by atoms with Crippen molar-refractivity contribution in [3.05, 3.63) is 35.9 Å². The van der Waals surface area contributed by atoms with Gasteiger partial charge in [-0.2, -0.15) is 0 Å². The standard InChI is InChI=1S/C15H22N2O.ClH/c1-16-11-14-8-5-9-17(12-14)15(18)10-13-6-3-2-4-7-13;/h2-4,6-7,14,16H,5,8-12H2,1H3;1H. The molecule has 1 N–H and O–H groups in total. The Balaban J connectivity index is 0.00000180. The summed E-state index contributed by atoms with van der Waals surface area (Å²) in [5.74, 6) is 0.880. The lowest BCUT2D eigenvalue weighted by atomic mass is 9.97. The molecule has 0 aliphatic carbocycles. The second-order valence-corrected chi connectivity index (χ2v) is 5.07. The third-order valence-electron chi connectivity index (χ3n) is 3.56. The zero-order valence-corrected chi connectivity index (χ0v) is 12.3. The molecule has 1 unspecified atom stereocenters. The van der Waals surface area contributed by atoms with Crippen molar-refractivity contribution in [3.63, 3.8) is 0 Å². The second-order valence-electron chi connectivity index (χ2n) is 5.07. The quantitative estimate of drug-likeness (QED) is 0.917. The molecule has 1 saturated heterocycles. The number of carbonyl (C=O) groups excluding carboxylic acids is 1. The summed E-state index contributed by atoms with van der Waals surface area (Å²) in [4.78, 5) is 14.2. The van der Waals surface area contributed by atoms with Crippen LogP contribution in [-0.2, 0) is 11.2 Å². The van der Waals surface area contributed by atoms with E-state index in [1.165, 1.54) is 6.42 Å². The highest BCUT2D eigenvalue weighted by molar-refractivity contribution is 5.85. The summed E-state index contributed by atoms with van der Waals surface area (Å²) < 4.78 is 0. The minimum absolute atomic E-state index is 0. The van der Waals surface area contributed by atoms with Gasteiger partial charge in [-0.15, -0.1) is 12.4 Å². The molecule has 2 rings (SSSR count). The lowest BCUT2D eigenvalue weighted by Crippen LogP contribution is -2.43. The van der Waals surface area contributed by atoms with E-state index >= 15 is 0 Å². The van der Waals surface area contributed by atoms with E-state index in [-0.39, 0.29) is 18.3 Å². The Hall–Kier alpha value is -1.06. The maximum Gasteiger partial charge on any atom is 0.226 e. The number of nitrogens with zero attached hydrogens (tertiary/aromatic N) is 1. The Kier molecular flexibility index (Phi) is 6.89. The summed E-state index contributed by atoms with van der Waals surface area (Å²) in [7, 11) is 1.98. The highest BCUT2D eigenvalue weighted by atomic mass is 35.5. The Bertz CT molecular complexity index is 381. The van der Waals surface area contributed by atoms with Gasteiger partial charge >= 0.3 is 0 Å². The van der Waals surface area contributed by atoms with Crippen molar-refractivity contribution in [2.24, 2.45) is 5.92 Å². The molecule has 1 heterocycles. The van der Waals surface area contributed by atoms with Crippen LogP contribution in [0.25, 0.3) is 0 Å². The number of nitrogens with one attached hydrogen (secondary N) is 1. The topological polar surface area (TPSA) is 32.3 Å². The Morgan fingerprint density at radius 1 is 1.37 bits per heavy atom. The average Bonchev–Trinajstić information content (AvgIpc) is 2.40. The van der Waals surface area contributed by atoms with Crippen LogP contribution in [0.2, 0.25) is 0 Å². The molecule has 0 radical (unpaired) electrons. The molecule has 1 aromatic rings. The summed E-state index contributed by atoms with van der Waals surface area (Å²) in [5, 5.41) is 3.21. The molecule has 1 amide bonds. The van der Waals surface area contributed by atoms with Gasteiger partial charge in [0.2, 0.25) is 5.91 Å². The van der Waals surface area contributed by atoms with Crippen molar-refractivity contribution >= 4 is 18.3 Å². The highest BCUT2D eigenvalue weighted by Crippen LogP contribution is 2.16. The van der Waals surface area contributed by atoms with Gasteiger partial charge in [-0.3, -0.25) is 4.79 Å². The largest absolute Gasteiger partial charge is 0.342 e. The van der Waals surface area contributed by atoms with Gasteiger partial charge in [-0.25, -0.2) is 0 Å². The second kappa shape index (κ2) is 8.18. The fraction of sp³-hybridized carbons (Fsp3) is 0.533. The summed E-state index contributed by atoms with van der Waals surface area (Å²) in [6.45, 7) is 2.84. The predicted molar refractivity (Wildman–Crippen MR) is 80.6 cm³/mol. The zero-order valence-electron chi connectivity index (χ0n) is 11.5. The number of carbonyl (C=O) groups is 1. The summed E-state index contributed by atoms with van der Waals surface area (Å²) in [6, 6.07) is 10.0. The van der Waals surface area contributed by atoms with Crippen molar-refractivity contribution < 1.29 is 4.79 Å². The van der Waals surface area contributed by atoms with Gasteiger partial charge in [-0.05, 0) is 37.9 Å². The maximum absolute atomic E-state index is 12.2. The van der Waals surface area contributed by atoms with Gasteiger partial charge < -0.3 is 10.2 Å². The molecular formula is C15H23ClN2O. The van der Waals surface area contributed by atoms with Crippen molar-refractivity contribution in [2.75, 3.05) is 26.7 Å². The van der Waals surface area contributed by atoms with E-state index < -0.39 is 0 Å². The first-order chi connectivity index (χ1) is 8.79. The molecule has 106 valence electrons. The molecule has 1 aliphatic heterocycles. The number of likely N-dealkylation sites (tertiary alicyclic amines) is 1. The van der Waals surface area contributed by atoms with Crippen molar-refractivity contribution in [3.8, 4) is 0 Å². The van der Waals surface area contributed by atoms with E-state index in [1.807, 2.05) is 42.3 Å². The fourth-order valence-corrected chi connectivity index (χ4v) is 2.63. The predicted octanol–water partition coefficient (Wildman–Crippen LogP) is 2.11. The number of halogens is 1. The lowest BCUT2D eigenvalue weighted by Gasteiger charge is -2.32. The van der Waals surface area contributed by atoms with E-state index in [4.69, 9.17) is 0 Å². The van der Waals surface area contributed by atoms with Crippen LogP contribution in [0.15, 0.2) is 30.3 Å². The molecule has 0 spiro atoms. The molecule has 1 atom stereocenters. The number of amides is 1. The van der Waals surface area contributed by atoms with Crippen LogP contribution in [0.1, 0.15) is 18.4 Å².